The Balaban J connectivity index is 2.98. The zero-order valence-electron chi connectivity index (χ0n) is 4.42. The van der Waals surface area contributed by atoms with Gasteiger partial charge in [-0.15, -0.1) is 0 Å². The number of carbonyl (C=O) groups is 1. The summed E-state index contributed by atoms with van der Waals surface area (Å²) in [5.74, 6) is -0.861. The van der Waals surface area contributed by atoms with E-state index in [1.54, 1.807) is 6.07 Å². The van der Waals surface area contributed by atoms with Gasteiger partial charge in [-0.1, -0.05) is 0 Å². The van der Waals surface area contributed by atoms with Crippen LogP contribution >= 0.6 is 11.3 Å². The van der Waals surface area contributed by atoms with Gasteiger partial charge in [0.25, 0.3) is 0 Å². The van der Waals surface area contributed by atoms with Crippen LogP contribution in [0.2, 0.25) is 0 Å². The van der Waals surface area contributed by atoms with Crippen molar-refractivity contribution in [2.75, 3.05) is 0 Å². The molecule has 0 fully saturated rings. The Bertz CT molecular complexity index is 231. The van der Waals surface area contributed by atoms with Gasteiger partial charge in [0.1, 0.15) is 0 Å². The van der Waals surface area contributed by atoms with E-state index in [0.717, 1.165) is 15.7 Å². The standard InChI is InChI=1S/C5H4AsO2S/c6-3-1-4(5(7)8)9-2-3/h1H,6H2,(H,7,8). The third-order valence-electron chi connectivity index (χ3n) is 0.776. The Morgan fingerprint density at radius 1 is 1.89 bits per heavy atom. The predicted octanol–water partition coefficient (Wildman–Crippen LogP) is -0.495. The van der Waals surface area contributed by atoms with Crippen molar-refractivity contribution in [2.24, 2.45) is 0 Å². The molecule has 1 rings (SSSR count). The van der Waals surface area contributed by atoms with Crippen molar-refractivity contribution in [1.29, 1.82) is 0 Å². The van der Waals surface area contributed by atoms with Gasteiger partial charge in [-0.25, -0.2) is 0 Å². The molecule has 1 radical (unpaired) electrons. The zero-order valence-corrected chi connectivity index (χ0v) is 7.66. The molecular formula is C5H4AsO2S. The Hall–Kier alpha value is -0.272. The number of hydrogen-bond acceptors (Lipinski definition) is 2. The molecule has 1 unspecified atom stereocenters. The number of aromatic carboxylic acids is 1. The van der Waals surface area contributed by atoms with Crippen molar-refractivity contribution in [3.63, 3.8) is 0 Å². The second kappa shape index (κ2) is 2.54. The summed E-state index contributed by atoms with van der Waals surface area (Å²) in [5.41, 5.74) is 0. The fourth-order valence-corrected chi connectivity index (χ4v) is 1.95. The molecule has 0 aliphatic heterocycles. The summed E-state index contributed by atoms with van der Waals surface area (Å²) >= 11 is 2.55. The zero-order chi connectivity index (χ0) is 6.85. The number of hydrogen-bond donors (Lipinski definition) is 1. The van der Waals surface area contributed by atoms with Gasteiger partial charge < -0.3 is 0 Å². The molecule has 0 saturated carbocycles. The van der Waals surface area contributed by atoms with E-state index in [2.05, 4.69) is 5.38 Å². The minimum atomic E-state index is -0.861. The number of rotatable bonds is 1. The Morgan fingerprint density at radius 3 is 2.78 bits per heavy atom. The first kappa shape index (κ1) is 6.84. The third kappa shape index (κ3) is 1.57. The molecule has 1 aromatic heterocycles. The van der Waals surface area contributed by atoms with Crippen molar-refractivity contribution in [2.45, 2.75) is 0 Å². The average Bonchev–Trinajstić information content (AvgIpc) is 2.14. The SMILES string of the molecule is O=C(O)c1cc([AsH2])[c]s1. The first-order chi connectivity index (χ1) is 4.20. The molecule has 47 valence electrons. The quantitative estimate of drug-likeness (QED) is 0.625. The summed E-state index contributed by atoms with van der Waals surface area (Å²) in [4.78, 5) is 10.6. The van der Waals surface area contributed by atoms with E-state index < -0.39 is 5.97 Å². The summed E-state index contributed by atoms with van der Waals surface area (Å²) in [6, 6.07) is 1.63. The van der Waals surface area contributed by atoms with Crippen molar-refractivity contribution in [1.82, 2.24) is 0 Å². The molecule has 1 aromatic rings. The topological polar surface area (TPSA) is 37.3 Å². The molecule has 0 aromatic carbocycles. The van der Waals surface area contributed by atoms with Crippen LogP contribution in [0, 0.1) is 5.38 Å². The fourth-order valence-electron chi connectivity index (χ4n) is 0.419. The van der Waals surface area contributed by atoms with Crippen molar-refractivity contribution in [3.05, 3.63) is 16.3 Å². The molecule has 4 heteroatoms. The molecule has 0 amide bonds. The molecule has 1 heterocycles. The van der Waals surface area contributed by atoms with Crippen molar-refractivity contribution in [3.8, 4) is 0 Å². The van der Waals surface area contributed by atoms with Gasteiger partial charge in [0.15, 0.2) is 0 Å². The van der Waals surface area contributed by atoms with Crippen LogP contribution in [0.5, 0.6) is 0 Å². The van der Waals surface area contributed by atoms with Gasteiger partial charge in [0.2, 0.25) is 0 Å². The van der Waals surface area contributed by atoms with E-state index in [9.17, 15) is 4.79 Å². The van der Waals surface area contributed by atoms with E-state index >= 15 is 0 Å². The van der Waals surface area contributed by atoms with E-state index in [1.165, 1.54) is 16.9 Å². The molecular weight excluding hydrogens is 199 g/mol. The number of carboxylic acids is 1. The Kier molecular flexibility index (Phi) is 1.93. The van der Waals surface area contributed by atoms with Crippen molar-refractivity contribution < 1.29 is 9.90 Å². The minimum absolute atomic E-state index is 0.370. The first-order valence-corrected chi connectivity index (χ1v) is 4.23. The van der Waals surface area contributed by atoms with Crippen LogP contribution in [-0.2, 0) is 0 Å². The van der Waals surface area contributed by atoms with Crippen LogP contribution in [0.1, 0.15) is 9.67 Å². The van der Waals surface area contributed by atoms with Gasteiger partial charge in [-0.05, 0) is 0 Å². The molecule has 0 aliphatic carbocycles. The fraction of sp³-hybridized carbons (Fsp3) is 0. The van der Waals surface area contributed by atoms with Crippen LogP contribution in [0.25, 0.3) is 0 Å². The molecule has 0 aliphatic rings. The van der Waals surface area contributed by atoms with Crippen LogP contribution < -0.4 is 4.35 Å². The van der Waals surface area contributed by atoms with E-state index in [4.69, 9.17) is 5.11 Å². The summed E-state index contributed by atoms with van der Waals surface area (Å²) in [6.07, 6.45) is 0. The maximum atomic E-state index is 10.2. The summed E-state index contributed by atoms with van der Waals surface area (Å²) in [6.45, 7) is 0. The Labute approximate surface area is 65.0 Å². The van der Waals surface area contributed by atoms with Crippen molar-refractivity contribution >= 4 is 38.5 Å². The van der Waals surface area contributed by atoms with Crippen LogP contribution in [-0.4, -0.2) is 27.9 Å². The monoisotopic (exact) mass is 203 g/mol. The number of carboxylic acid groups (broad SMARTS) is 1. The second-order valence-corrected chi connectivity index (χ2v) is 3.63. The van der Waals surface area contributed by atoms with E-state index in [-0.39, 0.29) is 0 Å². The molecule has 1 atom stereocenters. The van der Waals surface area contributed by atoms with Crippen LogP contribution in [0.15, 0.2) is 6.07 Å². The van der Waals surface area contributed by atoms with Gasteiger partial charge in [0, 0.05) is 0 Å². The molecule has 0 bridgehead atoms. The summed E-state index contributed by atoms with van der Waals surface area (Å²) in [5, 5.41) is 11.2. The normalized spacial score (nSPS) is 9.44. The summed E-state index contributed by atoms with van der Waals surface area (Å²) < 4.78 is 0.949. The van der Waals surface area contributed by atoms with Gasteiger partial charge in [0.05, 0.1) is 0 Å². The van der Waals surface area contributed by atoms with Gasteiger partial charge >= 0.3 is 64.7 Å². The van der Waals surface area contributed by atoms with Gasteiger partial charge in [-0.2, -0.15) is 0 Å². The van der Waals surface area contributed by atoms with E-state index in [0.29, 0.717) is 4.88 Å². The third-order valence-corrected chi connectivity index (χ3v) is 2.72. The molecule has 0 spiro atoms. The summed E-state index contributed by atoms with van der Waals surface area (Å²) in [7, 11) is 0. The molecule has 9 heavy (non-hydrogen) atoms. The van der Waals surface area contributed by atoms with Crippen LogP contribution in [0.3, 0.4) is 0 Å². The second-order valence-electron chi connectivity index (χ2n) is 1.47. The number of thiophene rings is 1. The first-order valence-electron chi connectivity index (χ1n) is 2.20. The molecule has 2 nitrogen and oxygen atoms in total. The molecule has 1 N–H and O–H groups in total. The predicted molar refractivity (Wildman–Crippen MR) is 38.3 cm³/mol. The Morgan fingerprint density at radius 2 is 2.56 bits per heavy atom. The molecule has 0 saturated heterocycles. The van der Waals surface area contributed by atoms with E-state index in [1.807, 2.05) is 0 Å². The van der Waals surface area contributed by atoms with Gasteiger partial charge in [-0.3, -0.25) is 0 Å². The van der Waals surface area contributed by atoms with Crippen LogP contribution in [0.4, 0.5) is 0 Å². The maximum absolute atomic E-state index is 10.2. The average molecular weight is 203 g/mol.